The van der Waals surface area contributed by atoms with Gasteiger partial charge in [0.1, 0.15) is 5.52 Å². The average molecular weight is 299 g/mol. The molecule has 5 nitrogen and oxygen atoms in total. The van der Waals surface area contributed by atoms with E-state index in [1.807, 2.05) is 6.07 Å². The van der Waals surface area contributed by atoms with Crippen LogP contribution in [0.25, 0.3) is 11.1 Å². The third-order valence-corrected chi connectivity index (χ3v) is 3.05. The third kappa shape index (κ3) is 2.03. The molecule has 1 unspecified atom stereocenters. The summed E-state index contributed by atoms with van der Waals surface area (Å²) in [5.41, 5.74) is 7.74. The Morgan fingerprint density at radius 3 is 3.00 bits per heavy atom. The van der Waals surface area contributed by atoms with Gasteiger partial charge in [-0.25, -0.2) is 4.98 Å². The van der Waals surface area contributed by atoms with Gasteiger partial charge in [0.05, 0.1) is 25.5 Å². The van der Waals surface area contributed by atoms with Gasteiger partial charge in [0.2, 0.25) is 5.89 Å². The maximum atomic E-state index is 5.86. The SMILES string of the molecule is Nc1cc(Br)cc2nc(C3COCCO3)oc12. The van der Waals surface area contributed by atoms with Crippen LogP contribution in [-0.4, -0.2) is 24.8 Å². The second kappa shape index (κ2) is 4.29. The highest BCUT2D eigenvalue weighted by atomic mass is 79.9. The second-order valence-electron chi connectivity index (χ2n) is 3.83. The van der Waals surface area contributed by atoms with Gasteiger partial charge < -0.3 is 19.6 Å². The van der Waals surface area contributed by atoms with Gasteiger partial charge in [-0.1, -0.05) is 15.9 Å². The molecule has 17 heavy (non-hydrogen) atoms. The minimum Gasteiger partial charge on any atom is -0.436 e. The lowest BCUT2D eigenvalue weighted by molar-refractivity contribution is -0.0991. The summed E-state index contributed by atoms with van der Waals surface area (Å²) in [6, 6.07) is 3.65. The van der Waals surface area contributed by atoms with E-state index >= 15 is 0 Å². The number of aromatic nitrogens is 1. The second-order valence-corrected chi connectivity index (χ2v) is 4.75. The first-order chi connectivity index (χ1) is 8.24. The average Bonchev–Trinajstić information content (AvgIpc) is 2.74. The minimum absolute atomic E-state index is 0.241. The van der Waals surface area contributed by atoms with E-state index in [1.54, 1.807) is 6.07 Å². The zero-order valence-corrected chi connectivity index (χ0v) is 10.6. The molecule has 1 aromatic heterocycles. The molecule has 3 rings (SSSR count). The van der Waals surface area contributed by atoms with Crippen LogP contribution in [0.2, 0.25) is 0 Å². The van der Waals surface area contributed by atoms with Crippen molar-refractivity contribution in [2.24, 2.45) is 0 Å². The van der Waals surface area contributed by atoms with Crippen molar-refractivity contribution in [1.82, 2.24) is 4.98 Å². The van der Waals surface area contributed by atoms with Gasteiger partial charge in [-0.2, -0.15) is 0 Å². The predicted octanol–water partition coefficient (Wildman–Crippen LogP) is 2.26. The first-order valence-corrected chi connectivity index (χ1v) is 6.08. The number of ether oxygens (including phenoxy) is 2. The molecule has 6 heteroatoms. The first kappa shape index (κ1) is 11.0. The van der Waals surface area contributed by atoms with Crippen molar-refractivity contribution in [2.75, 3.05) is 25.6 Å². The molecule has 0 aliphatic carbocycles. The van der Waals surface area contributed by atoms with Crippen LogP contribution in [0.1, 0.15) is 12.0 Å². The van der Waals surface area contributed by atoms with E-state index < -0.39 is 0 Å². The molecule has 0 amide bonds. The van der Waals surface area contributed by atoms with Crippen LogP contribution in [0, 0.1) is 0 Å². The van der Waals surface area contributed by atoms with Crippen LogP contribution in [0.5, 0.6) is 0 Å². The fraction of sp³-hybridized carbons (Fsp3) is 0.364. The van der Waals surface area contributed by atoms with Gasteiger partial charge in [0, 0.05) is 4.47 Å². The third-order valence-electron chi connectivity index (χ3n) is 2.59. The number of hydrogen-bond acceptors (Lipinski definition) is 5. The summed E-state index contributed by atoms with van der Waals surface area (Å²) in [6.45, 7) is 1.64. The van der Waals surface area contributed by atoms with E-state index in [-0.39, 0.29) is 6.10 Å². The Balaban J connectivity index is 2.03. The van der Waals surface area contributed by atoms with Gasteiger partial charge in [0.25, 0.3) is 0 Å². The number of nitrogen functional groups attached to an aromatic ring is 1. The molecular formula is C11H11BrN2O3. The molecule has 90 valence electrons. The molecule has 1 aromatic carbocycles. The number of anilines is 1. The molecular weight excluding hydrogens is 288 g/mol. The monoisotopic (exact) mass is 298 g/mol. The number of fused-ring (bicyclic) bond motifs is 1. The van der Waals surface area contributed by atoms with Crippen molar-refractivity contribution >= 4 is 32.7 Å². The molecule has 1 atom stereocenters. The Kier molecular flexibility index (Phi) is 2.78. The molecule has 1 aliphatic rings. The Morgan fingerprint density at radius 2 is 2.24 bits per heavy atom. The van der Waals surface area contributed by atoms with Crippen LogP contribution in [0.3, 0.4) is 0 Å². The van der Waals surface area contributed by atoms with Crippen LogP contribution in [0.4, 0.5) is 5.69 Å². The number of halogens is 1. The van der Waals surface area contributed by atoms with Gasteiger partial charge in [-0.05, 0) is 12.1 Å². The Hall–Kier alpha value is -1.11. The van der Waals surface area contributed by atoms with E-state index in [9.17, 15) is 0 Å². The quantitative estimate of drug-likeness (QED) is 0.818. The van der Waals surface area contributed by atoms with E-state index in [0.717, 1.165) is 9.99 Å². The smallest absolute Gasteiger partial charge is 0.227 e. The molecule has 0 spiro atoms. The summed E-state index contributed by atoms with van der Waals surface area (Å²) in [5, 5.41) is 0. The van der Waals surface area contributed by atoms with Crippen LogP contribution >= 0.6 is 15.9 Å². The number of nitrogens with zero attached hydrogens (tertiary/aromatic N) is 1. The predicted molar refractivity (Wildman–Crippen MR) is 65.6 cm³/mol. The molecule has 0 saturated carbocycles. The van der Waals surface area contributed by atoms with Crippen molar-refractivity contribution in [1.29, 1.82) is 0 Å². The zero-order chi connectivity index (χ0) is 11.8. The zero-order valence-electron chi connectivity index (χ0n) is 8.98. The number of hydrogen-bond donors (Lipinski definition) is 1. The lowest BCUT2D eigenvalue weighted by Crippen LogP contribution is -2.22. The summed E-state index contributed by atoms with van der Waals surface area (Å²) < 4.78 is 17.4. The summed E-state index contributed by atoms with van der Waals surface area (Å²) in [7, 11) is 0. The van der Waals surface area contributed by atoms with E-state index in [4.69, 9.17) is 19.6 Å². The van der Waals surface area contributed by atoms with Crippen molar-refractivity contribution in [3.05, 3.63) is 22.5 Å². The van der Waals surface area contributed by atoms with E-state index in [1.165, 1.54) is 0 Å². The number of rotatable bonds is 1. The van der Waals surface area contributed by atoms with Crippen molar-refractivity contribution in [3.8, 4) is 0 Å². The first-order valence-electron chi connectivity index (χ1n) is 5.29. The highest BCUT2D eigenvalue weighted by Crippen LogP contribution is 2.30. The summed E-state index contributed by atoms with van der Waals surface area (Å²) in [5.74, 6) is 0.518. The molecule has 0 bridgehead atoms. The number of nitrogens with two attached hydrogens (primary N) is 1. The van der Waals surface area contributed by atoms with E-state index in [0.29, 0.717) is 37.0 Å². The fourth-order valence-electron chi connectivity index (χ4n) is 1.81. The van der Waals surface area contributed by atoms with Gasteiger partial charge in [0.15, 0.2) is 11.7 Å². The number of benzene rings is 1. The molecule has 2 heterocycles. The van der Waals surface area contributed by atoms with Crippen molar-refractivity contribution in [3.63, 3.8) is 0 Å². The topological polar surface area (TPSA) is 70.5 Å². The lowest BCUT2D eigenvalue weighted by Gasteiger charge is -2.19. The van der Waals surface area contributed by atoms with Crippen LogP contribution in [-0.2, 0) is 9.47 Å². The Labute approximate surface area is 106 Å². The highest BCUT2D eigenvalue weighted by molar-refractivity contribution is 9.10. The highest BCUT2D eigenvalue weighted by Gasteiger charge is 2.23. The standard InChI is InChI=1S/C11H11BrN2O3/c12-6-3-7(13)10-8(4-6)14-11(17-10)9-5-15-1-2-16-9/h3-4,9H,1-2,5,13H2. The Bertz CT molecular complexity index is 549. The largest absolute Gasteiger partial charge is 0.436 e. The molecule has 2 N–H and O–H groups in total. The van der Waals surface area contributed by atoms with Crippen LogP contribution in [0.15, 0.2) is 21.0 Å². The van der Waals surface area contributed by atoms with Gasteiger partial charge in [-0.15, -0.1) is 0 Å². The molecule has 1 aliphatic heterocycles. The fourth-order valence-corrected chi connectivity index (χ4v) is 2.27. The van der Waals surface area contributed by atoms with Crippen LogP contribution < -0.4 is 5.73 Å². The summed E-state index contributed by atoms with van der Waals surface area (Å²) >= 11 is 3.37. The summed E-state index contributed by atoms with van der Waals surface area (Å²) in [6.07, 6.45) is -0.241. The van der Waals surface area contributed by atoms with E-state index in [2.05, 4.69) is 20.9 Å². The van der Waals surface area contributed by atoms with Crippen molar-refractivity contribution < 1.29 is 13.9 Å². The maximum Gasteiger partial charge on any atom is 0.227 e. The molecule has 2 aromatic rings. The maximum absolute atomic E-state index is 5.86. The Morgan fingerprint density at radius 1 is 1.35 bits per heavy atom. The summed E-state index contributed by atoms with van der Waals surface area (Å²) in [4.78, 5) is 4.38. The molecule has 1 saturated heterocycles. The molecule has 0 radical (unpaired) electrons. The molecule has 1 fully saturated rings. The lowest BCUT2D eigenvalue weighted by atomic mass is 10.3. The van der Waals surface area contributed by atoms with Gasteiger partial charge >= 0.3 is 0 Å². The normalized spacial score (nSPS) is 20.9. The van der Waals surface area contributed by atoms with Gasteiger partial charge in [-0.3, -0.25) is 0 Å². The van der Waals surface area contributed by atoms with Crippen molar-refractivity contribution in [2.45, 2.75) is 6.10 Å². The number of oxazole rings is 1. The minimum atomic E-state index is -0.241.